The summed E-state index contributed by atoms with van der Waals surface area (Å²) >= 11 is 0. The standard InChI is InChI=1S/C12H10N2O5S/c15-12(9-4-2-1-3-5-9)14-13-8-10-6-7-11(19-10)20(16,17)18/h1-8H,(H,14,15)(H,16,17,18)/p-1/b13-8-. The van der Waals surface area contributed by atoms with Gasteiger partial charge in [-0.05, 0) is 24.3 Å². The van der Waals surface area contributed by atoms with Crippen molar-refractivity contribution in [1.82, 2.24) is 5.43 Å². The summed E-state index contributed by atoms with van der Waals surface area (Å²) in [5, 5.41) is 2.90. The zero-order chi connectivity index (χ0) is 14.6. The summed E-state index contributed by atoms with van der Waals surface area (Å²) in [6.07, 6.45) is 1.09. The number of nitrogens with zero attached hydrogens (tertiary/aromatic N) is 1. The Balaban J connectivity index is 2.01. The Morgan fingerprint density at radius 2 is 1.90 bits per heavy atom. The first kappa shape index (κ1) is 14.0. The van der Waals surface area contributed by atoms with Gasteiger partial charge >= 0.3 is 0 Å². The van der Waals surface area contributed by atoms with Gasteiger partial charge < -0.3 is 8.97 Å². The van der Waals surface area contributed by atoms with Gasteiger partial charge in [-0.2, -0.15) is 5.10 Å². The van der Waals surface area contributed by atoms with Crippen molar-refractivity contribution in [2.75, 3.05) is 0 Å². The van der Waals surface area contributed by atoms with Crippen LogP contribution in [0, 0.1) is 0 Å². The molecule has 1 heterocycles. The van der Waals surface area contributed by atoms with Crippen LogP contribution in [0.15, 0.2) is 57.1 Å². The molecule has 0 aliphatic carbocycles. The molecule has 0 saturated carbocycles. The van der Waals surface area contributed by atoms with Crippen molar-refractivity contribution in [3.8, 4) is 0 Å². The van der Waals surface area contributed by atoms with E-state index in [4.69, 9.17) is 4.42 Å². The maximum absolute atomic E-state index is 11.6. The molecule has 1 N–H and O–H groups in total. The molecule has 7 nitrogen and oxygen atoms in total. The lowest BCUT2D eigenvalue weighted by molar-refractivity contribution is 0.0955. The van der Waals surface area contributed by atoms with Gasteiger partial charge in [0.2, 0.25) is 5.09 Å². The number of amides is 1. The third-order valence-corrected chi connectivity index (χ3v) is 2.95. The van der Waals surface area contributed by atoms with Gasteiger partial charge in [-0.25, -0.2) is 13.8 Å². The lowest BCUT2D eigenvalue weighted by Gasteiger charge is -2.00. The van der Waals surface area contributed by atoms with Crippen LogP contribution in [0.1, 0.15) is 16.1 Å². The van der Waals surface area contributed by atoms with Crippen LogP contribution in [-0.2, 0) is 10.1 Å². The highest BCUT2D eigenvalue weighted by molar-refractivity contribution is 7.85. The SMILES string of the molecule is O=C(N/N=C\c1ccc(S(=O)(=O)[O-])o1)c1ccccc1. The summed E-state index contributed by atoms with van der Waals surface area (Å²) in [6, 6.07) is 10.7. The van der Waals surface area contributed by atoms with E-state index in [1.54, 1.807) is 30.3 Å². The van der Waals surface area contributed by atoms with Gasteiger partial charge in [0, 0.05) is 5.56 Å². The number of hydrogen-bond donors (Lipinski definition) is 1. The van der Waals surface area contributed by atoms with E-state index in [1.165, 1.54) is 6.07 Å². The third kappa shape index (κ3) is 3.53. The lowest BCUT2D eigenvalue weighted by atomic mass is 10.2. The van der Waals surface area contributed by atoms with Crippen LogP contribution in [0.4, 0.5) is 0 Å². The normalized spacial score (nSPS) is 11.7. The van der Waals surface area contributed by atoms with E-state index in [0.29, 0.717) is 5.56 Å². The van der Waals surface area contributed by atoms with E-state index in [0.717, 1.165) is 12.3 Å². The van der Waals surface area contributed by atoms with Gasteiger partial charge in [0.05, 0.1) is 6.21 Å². The molecule has 0 atom stereocenters. The monoisotopic (exact) mass is 293 g/mol. The van der Waals surface area contributed by atoms with Crippen LogP contribution in [0.2, 0.25) is 0 Å². The summed E-state index contributed by atoms with van der Waals surface area (Å²) < 4.78 is 36.7. The highest BCUT2D eigenvalue weighted by Crippen LogP contribution is 2.11. The van der Waals surface area contributed by atoms with E-state index >= 15 is 0 Å². The molecule has 0 bridgehead atoms. The average molecular weight is 293 g/mol. The zero-order valence-corrected chi connectivity index (χ0v) is 10.8. The summed E-state index contributed by atoms with van der Waals surface area (Å²) in [6.45, 7) is 0. The van der Waals surface area contributed by atoms with E-state index in [2.05, 4.69) is 10.5 Å². The summed E-state index contributed by atoms with van der Waals surface area (Å²) in [4.78, 5) is 11.6. The lowest BCUT2D eigenvalue weighted by Crippen LogP contribution is -2.17. The number of carbonyl (C=O) groups is 1. The Morgan fingerprint density at radius 1 is 1.20 bits per heavy atom. The third-order valence-electron chi connectivity index (χ3n) is 2.24. The van der Waals surface area contributed by atoms with Gasteiger partial charge in [0.15, 0.2) is 10.1 Å². The molecule has 104 valence electrons. The molecule has 2 rings (SSSR count). The number of hydrogen-bond acceptors (Lipinski definition) is 6. The van der Waals surface area contributed by atoms with Gasteiger partial charge in [-0.1, -0.05) is 18.2 Å². The summed E-state index contributed by atoms with van der Waals surface area (Å²) in [5.41, 5.74) is 2.66. The van der Waals surface area contributed by atoms with Crippen molar-refractivity contribution < 1.29 is 22.2 Å². The Bertz CT molecular complexity index is 734. The number of furan rings is 1. The maximum Gasteiger partial charge on any atom is 0.271 e. The van der Waals surface area contributed by atoms with E-state index < -0.39 is 21.1 Å². The Kier molecular flexibility index (Phi) is 3.97. The van der Waals surface area contributed by atoms with Crippen molar-refractivity contribution in [2.45, 2.75) is 5.09 Å². The minimum atomic E-state index is -4.63. The molecular formula is C12H9N2O5S-. The van der Waals surface area contributed by atoms with Crippen LogP contribution in [-0.4, -0.2) is 25.1 Å². The summed E-state index contributed by atoms with van der Waals surface area (Å²) in [7, 11) is -4.63. The molecule has 0 fully saturated rings. The van der Waals surface area contributed by atoms with Crippen molar-refractivity contribution in [3.63, 3.8) is 0 Å². The molecule has 8 heteroatoms. The first-order chi connectivity index (χ1) is 9.47. The quantitative estimate of drug-likeness (QED) is 0.512. The largest absolute Gasteiger partial charge is 0.742 e. The Morgan fingerprint density at radius 3 is 2.50 bits per heavy atom. The predicted molar refractivity (Wildman–Crippen MR) is 68.2 cm³/mol. The number of hydrazone groups is 1. The zero-order valence-electron chi connectivity index (χ0n) is 10.0. The van der Waals surface area contributed by atoms with Crippen LogP contribution in [0.5, 0.6) is 0 Å². The highest BCUT2D eigenvalue weighted by atomic mass is 32.2. The second-order valence-corrected chi connectivity index (χ2v) is 4.99. The Hall–Kier alpha value is -2.45. The molecule has 0 spiro atoms. The van der Waals surface area contributed by atoms with Crippen LogP contribution < -0.4 is 5.43 Å². The molecule has 0 saturated heterocycles. The second kappa shape index (κ2) is 5.68. The van der Waals surface area contributed by atoms with Gasteiger partial charge in [0.1, 0.15) is 5.76 Å². The average Bonchev–Trinajstić information content (AvgIpc) is 2.88. The van der Waals surface area contributed by atoms with Gasteiger partial charge in [0.25, 0.3) is 5.91 Å². The number of rotatable bonds is 4. The molecule has 1 aromatic heterocycles. The van der Waals surface area contributed by atoms with Crippen LogP contribution in [0.25, 0.3) is 0 Å². The fourth-order valence-electron chi connectivity index (χ4n) is 1.35. The fourth-order valence-corrected chi connectivity index (χ4v) is 1.78. The minimum Gasteiger partial charge on any atom is -0.742 e. The minimum absolute atomic E-state index is 0.0350. The first-order valence-electron chi connectivity index (χ1n) is 5.41. The maximum atomic E-state index is 11.6. The molecule has 0 unspecified atom stereocenters. The second-order valence-electron chi connectivity index (χ2n) is 3.68. The van der Waals surface area contributed by atoms with Crippen LogP contribution >= 0.6 is 0 Å². The summed E-state index contributed by atoms with van der Waals surface area (Å²) in [5.74, 6) is -0.391. The van der Waals surface area contributed by atoms with E-state index in [-0.39, 0.29) is 5.76 Å². The smallest absolute Gasteiger partial charge is 0.271 e. The molecule has 0 radical (unpaired) electrons. The van der Waals surface area contributed by atoms with Crippen molar-refractivity contribution in [3.05, 3.63) is 53.8 Å². The van der Waals surface area contributed by atoms with Crippen LogP contribution in [0.3, 0.4) is 0 Å². The highest BCUT2D eigenvalue weighted by Gasteiger charge is 2.06. The first-order valence-corrected chi connectivity index (χ1v) is 6.82. The molecule has 1 aromatic carbocycles. The predicted octanol–water partition coefficient (Wildman–Crippen LogP) is 0.948. The molecule has 0 aliphatic rings. The number of carbonyl (C=O) groups excluding carboxylic acids is 1. The molecular weight excluding hydrogens is 284 g/mol. The van der Waals surface area contributed by atoms with Crippen molar-refractivity contribution in [1.29, 1.82) is 0 Å². The molecule has 0 aliphatic heterocycles. The molecule has 1 amide bonds. The number of nitrogens with one attached hydrogen (secondary N) is 1. The van der Waals surface area contributed by atoms with Crippen molar-refractivity contribution >= 4 is 22.2 Å². The van der Waals surface area contributed by atoms with E-state index in [9.17, 15) is 17.8 Å². The van der Waals surface area contributed by atoms with Crippen molar-refractivity contribution in [2.24, 2.45) is 5.10 Å². The number of benzene rings is 1. The Labute approximate surface area is 114 Å². The molecule has 2 aromatic rings. The molecule has 20 heavy (non-hydrogen) atoms. The van der Waals surface area contributed by atoms with Gasteiger partial charge in [-0.15, -0.1) is 0 Å². The fraction of sp³-hybridized carbons (Fsp3) is 0. The topological polar surface area (TPSA) is 112 Å². The van der Waals surface area contributed by atoms with E-state index in [1.807, 2.05) is 0 Å². The van der Waals surface area contributed by atoms with Gasteiger partial charge in [-0.3, -0.25) is 4.79 Å².